The normalized spacial score (nSPS) is 19.2. The first-order valence-corrected chi connectivity index (χ1v) is 7.85. The summed E-state index contributed by atoms with van der Waals surface area (Å²) in [4.78, 5) is 14.0. The van der Waals surface area contributed by atoms with Gasteiger partial charge in [-0.2, -0.15) is 0 Å². The quantitative estimate of drug-likeness (QED) is 0.922. The third-order valence-electron chi connectivity index (χ3n) is 3.66. The van der Waals surface area contributed by atoms with Crippen molar-refractivity contribution in [3.8, 4) is 5.75 Å². The van der Waals surface area contributed by atoms with Crippen LogP contribution in [0.25, 0.3) is 0 Å². The molecule has 2 rings (SSSR count). The van der Waals surface area contributed by atoms with Gasteiger partial charge >= 0.3 is 0 Å². The molecule has 1 atom stereocenters. The molecule has 0 saturated carbocycles. The van der Waals surface area contributed by atoms with E-state index in [0.29, 0.717) is 22.3 Å². The van der Waals surface area contributed by atoms with Crippen molar-refractivity contribution in [1.29, 1.82) is 0 Å². The fourth-order valence-electron chi connectivity index (χ4n) is 2.49. The number of likely N-dealkylation sites (tertiary alicyclic amines) is 1. The summed E-state index contributed by atoms with van der Waals surface area (Å²) in [6.07, 6.45) is 3.95. The number of hydrogen-bond acceptors (Lipinski definition) is 3. The molecule has 1 amide bonds. The van der Waals surface area contributed by atoms with E-state index >= 15 is 0 Å². The van der Waals surface area contributed by atoms with Gasteiger partial charge in [0.25, 0.3) is 5.91 Å². The number of hydrogen-bond donors (Lipinski definition) is 1. The number of aliphatic hydroxyl groups is 1. The molecule has 1 fully saturated rings. The number of aliphatic hydroxyl groups excluding tert-OH is 1. The fourth-order valence-corrected chi connectivity index (χ4v) is 2.78. The van der Waals surface area contributed by atoms with Gasteiger partial charge in [0, 0.05) is 12.6 Å². The molecule has 0 radical (unpaired) electrons. The Balaban J connectivity index is 1.94. The van der Waals surface area contributed by atoms with Crippen LogP contribution in [0.4, 0.5) is 0 Å². The number of carbonyl (C=O) groups excluding carboxylic acids is 1. The third kappa shape index (κ3) is 4.50. The Morgan fingerprint density at radius 2 is 2.10 bits per heavy atom. The van der Waals surface area contributed by atoms with E-state index in [-0.39, 0.29) is 25.2 Å². The number of carbonyl (C=O) groups is 1. The Bertz CT molecular complexity index is 496. The summed E-state index contributed by atoms with van der Waals surface area (Å²) in [5.41, 5.74) is 0. The van der Waals surface area contributed by atoms with Gasteiger partial charge < -0.3 is 14.7 Å². The minimum absolute atomic E-state index is 0.00148. The first-order chi connectivity index (χ1) is 10.1. The van der Waals surface area contributed by atoms with E-state index in [0.717, 1.165) is 25.7 Å². The van der Waals surface area contributed by atoms with Crippen molar-refractivity contribution >= 4 is 29.1 Å². The molecule has 6 heteroatoms. The van der Waals surface area contributed by atoms with Gasteiger partial charge in [0.15, 0.2) is 6.61 Å². The Morgan fingerprint density at radius 3 is 2.81 bits per heavy atom. The molecule has 1 aliphatic heterocycles. The summed E-state index contributed by atoms with van der Waals surface area (Å²) in [6.45, 7) is 0.613. The SMILES string of the molecule is O=C(COc1ccc(Cl)c(Cl)c1)N1CCCCCC1CO. The van der Waals surface area contributed by atoms with Crippen molar-refractivity contribution in [3.63, 3.8) is 0 Å². The zero-order chi connectivity index (χ0) is 15.2. The topological polar surface area (TPSA) is 49.8 Å². The highest BCUT2D eigenvalue weighted by atomic mass is 35.5. The van der Waals surface area contributed by atoms with Crippen LogP contribution >= 0.6 is 23.2 Å². The van der Waals surface area contributed by atoms with Gasteiger partial charge in [-0.25, -0.2) is 0 Å². The van der Waals surface area contributed by atoms with Gasteiger partial charge in [-0.15, -0.1) is 0 Å². The predicted octanol–water partition coefficient (Wildman–Crippen LogP) is 3.14. The van der Waals surface area contributed by atoms with Crippen LogP contribution in [0.5, 0.6) is 5.75 Å². The molecular weight excluding hydrogens is 313 g/mol. The number of halogens is 2. The molecule has 1 heterocycles. The average Bonchev–Trinajstić information content (AvgIpc) is 2.73. The van der Waals surface area contributed by atoms with Crippen molar-refractivity contribution in [3.05, 3.63) is 28.2 Å². The number of amides is 1. The van der Waals surface area contributed by atoms with E-state index in [9.17, 15) is 9.90 Å². The summed E-state index contributed by atoms with van der Waals surface area (Å²) >= 11 is 11.7. The molecule has 1 unspecified atom stereocenters. The molecule has 0 bridgehead atoms. The van der Waals surface area contributed by atoms with Gasteiger partial charge in [0.2, 0.25) is 0 Å². The van der Waals surface area contributed by atoms with Crippen LogP contribution in [-0.4, -0.2) is 41.7 Å². The Labute approximate surface area is 134 Å². The van der Waals surface area contributed by atoms with Crippen LogP contribution < -0.4 is 4.74 Å². The smallest absolute Gasteiger partial charge is 0.260 e. The molecule has 4 nitrogen and oxygen atoms in total. The van der Waals surface area contributed by atoms with Crippen LogP contribution in [0.3, 0.4) is 0 Å². The Kier molecular flexibility index (Phi) is 6.15. The average molecular weight is 332 g/mol. The first kappa shape index (κ1) is 16.4. The monoisotopic (exact) mass is 331 g/mol. The lowest BCUT2D eigenvalue weighted by atomic mass is 10.1. The van der Waals surface area contributed by atoms with Crippen LogP contribution in [0, 0.1) is 0 Å². The minimum Gasteiger partial charge on any atom is -0.484 e. The maximum atomic E-state index is 12.3. The van der Waals surface area contributed by atoms with Gasteiger partial charge in [-0.1, -0.05) is 36.0 Å². The zero-order valence-electron chi connectivity index (χ0n) is 11.7. The van der Waals surface area contributed by atoms with Crippen molar-refractivity contribution in [1.82, 2.24) is 4.90 Å². The van der Waals surface area contributed by atoms with Crippen LogP contribution in [0.2, 0.25) is 10.0 Å². The van der Waals surface area contributed by atoms with E-state index in [1.54, 1.807) is 23.1 Å². The molecule has 0 aliphatic carbocycles. The molecule has 21 heavy (non-hydrogen) atoms. The highest BCUT2D eigenvalue weighted by Gasteiger charge is 2.25. The highest BCUT2D eigenvalue weighted by molar-refractivity contribution is 6.42. The van der Waals surface area contributed by atoms with E-state index in [4.69, 9.17) is 27.9 Å². The van der Waals surface area contributed by atoms with E-state index in [1.807, 2.05) is 0 Å². The van der Waals surface area contributed by atoms with Crippen molar-refractivity contribution in [2.24, 2.45) is 0 Å². The second kappa shape index (κ2) is 7.87. The van der Waals surface area contributed by atoms with Crippen molar-refractivity contribution < 1.29 is 14.6 Å². The summed E-state index contributed by atoms with van der Waals surface area (Å²) in [6, 6.07) is 4.79. The maximum Gasteiger partial charge on any atom is 0.260 e. The molecule has 0 spiro atoms. The fraction of sp³-hybridized carbons (Fsp3) is 0.533. The van der Waals surface area contributed by atoms with Crippen molar-refractivity contribution in [2.75, 3.05) is 19.8 Å². The van der Waals surface area contributed by atoms with Crippen LogP contribution in [0.1, 0.15) is 25.7 Å². The number of ether oxygens (including phenoxy) is 1. The van der Waals surface area contributed by atoms with Crippen LogP contribution in [-0.2, 0) is 4.79 Å². The molecule has 1 N–H and O–H groups in total. The summed E-state index contributed by atoms with van der Waals surface area (Å²) < 4.78 is 5.47. The second-order valence-electron chi connectivity index (χ2n) is 5.14. The van der Waals surface area contributed by atoms with Crippen LogP contribution in [0.15, 0.2) is 18.2 Å². The molecular formula is C15H19Cl2NO3. The Morgan fingerprint density at radius 1 is 1.29 bits per heavy atom. The standard InChI is InChI=1S/C15H19Cl2NO3/c16-13-6-5-12(8-14(13)17)21-10-15(20)18-7-3-1-2-4-11(18)9-19/h5-6,8,11,19H,1-4,7,9-10H2. The minimum atomic E-state index is -0.109. The lowest BCUT2D eigenvalue weighted by molar-refractivity contribution is -0.136. The molecule has 116 valence electrons. The summed E-state index contributed by atoms with van der Waals surface area (Å²) in [5, 5.41) is 10.3. The van der Waals surface area contributed by atoms with Crippen molar-refractivity contribution in [2.45, 2.75) is 31.7 Å². The molecule has 1 aromatic rings. The number of rotatable bonds is 4. The molecule has 0 aromatic heterocycles. The van der Waals surface area contributed by atoms with E-state index in [2.05, 4.69) is 0 Å². The van der Waals surface area contributed by atoms with Gasteiger partial charge in [0.05, 0.1) is 22.7 Å². The predicted molar refractivity (Wildman–Crippen MR) is 83.0 cm³/mol. The molecule has 1 aliphatic rings. The third-order valence-corrected chi connectivity index (χ3v) is 4.40. The van der Waals surface area contributed by atoms with Gasteiger partial charge in [-0.3, -0.25) is 4.79 Å². The molecule has 1 aromatic carbocycles. The second-order valence-corrected chi connectivity index (χ2v) is 5.95. The zero-order valence-corrected chi connectivity index (χ0v) is 13.2. The summed E-state index contributed by atoms with van der Waals surface area (Å²) in [7, 11) is 0. The Hall–Kier alpha value is -0.970. The summed E-state index contributed by atoms with van der Waals surface area (Å²) in [5.74, 6) is 0.398. The first-order valence-electron chi connectivity index (χ1n) is 7.10. The highest BCUT2D eigenvalue weighted by Crippen LogP contribution is 2.26. The number of nitrogens with zero attached hydrogens (tertiary/aromatic N) is 1. The van der Waals surface area contributed by atoms with Gasteiger partial charge in [-0.05, 0) is 25.0 Å². The lowest BCUT2D eigenvalue weighted by Crippen LogP contribution is -2.44. The molecule has 1 saturated heterocycles. The largest absolute Gasteiger partial charge is 0.484 e. The maximum absolute atomic E-state index is 12.3. The van der Waals surface area contributed by atoms with E-state index < -0.39 is 0 Å². The van der Waals surface area contributed by atoms with Gasteiger partial charge in [0.1, 0.15) is 5.75 Å². The number of benzene rings is 1. The lowest BCUT2D eigenvalue weighted by Gasteiger charge is -2.28. The van der Waals surface area contributed by atoms with E-state index in [1.165, 1.54) is 0 Å².